The summed E-state index contributed by atoms with van der Waals surface area (Å²) >= 11 is 3.59. The lowest BCUT2D eigenvalue weighted by Crippen LogP contribution is -2.58. The van der Waals surface area contributed by atoms with Gasteiger partial charge in [-0.3, -0.25) is 0 Å². The van der Waals surface area contributed by atoms with Crippen LogP contribution in [0, 0.1) is 5.92 Å². The van der Waals surface area contributed by atoms with E-state index in [4.69, 9.17) is 0 Å². The molecule has 0 aromatic heterocycles. The zero-order valence-corrected chi connectivity index (χ0v) is 13.8. The summed E-state index contributed by atoms with van der Waals surface area (Å²) in [7, 11) is 0. The molecule has 19 heavy (non-hydrogen) atoms. The topological polar surface area (TPSA) is 15.3 Å². The molecule has 2 rings (SSSR count). The van der Waals surface area contributed by atoms with E-state index in [9.17, 15) is 0 Å². The second-order valence-electron chi connectivity index (χ2n) is 5.59. The highest BCUT2D eigenvalue weighted by Gasteiger charge is 2.29. The molecule has 3 atom stereocenters. The minimum atomic E-state index is 0.604. The summed E-state index contributed by atoms with van der Waals surface area (Å²) in [6.45, 7) is 9.12. The number of piperazine rings is 1. The van der Waals surface area contributed by atoms with Crippen molar-refractivity contribution in [2.75, 3.05) is 18.0 Å². The molecule has 3 heteroatoms. The van der Waals surface area contributed by atoms with Crippen molar-refractivity contribution in [2.45, 2.75) is 45.7 Å². The normalized spacial score (nSPS) is 25.4. The Morgan fingerprint density at radius 3 is 2.84 bits per heavy atom. The first kappa shape index (κ1) is 14.9. The zero-order chi connectivity index (χ0) is 13.8. The Balaban J connectivity index is 2.18. The molecule has 0 bridgehead atoms. The van der Waals surface area contributed by atoms with Gasteiger partial charge >= 0.3 is 0 Å². The molecule has 0 aliphatic carbocycles. The Kier molecular flexibility index (Phi) is 5.28. The number of rotatable bonds is 4. The van der Waals surface area contributed by atoms with Gasteiger partial charge in [-0.1, -0.05) is 49.2 Å². The highest BCUT2D eigenvalue weighted by Crippen LogP contribution is 2.26. The number of nitrogens with zero attached hydrogens (tertiary/aromatic N) is 1. The zero-order valence-electron chi connectivity index (χ0n) is 12.2. The van der Waals surface area contributed by atoms with Crippen LogP contribution in [0.5, 0.6) is 0 Å². The number of hydrogen-bond donors (Lipinski definition) is 1. The first-order valence-corrected chi connectivity index (χ1v) is 8.20. The maximum Gasteiger partial charge on any atom is 0.0412 e. The molecule has 1 fully saturated rings. The van der Waals surface area contributed by atoms with Gasteiger partial charge in [0.15, 0.2) is 0 Å². The van der Waals surface area contributed by atoms with E-state index in [-0.39, 0.29) is 0 Å². The van der Waals surface area contributed by atoms with E-state index in [0.717, 1.165) is 19.0 Å². The summed E-state index contributed by atoms with van der Waals surface area (Å²) < 4.78 is 1.17. The molecule has 1 saturated heterocycles. The third-order valence-corrected chi connectivity index (χ3v) is 4.89. The van der Waals surface area contributed by atoms with Crippen molar-refractivity contribution in [1.82, 2.24) is 5.32 Å². The summed E-state index contributed by atoms with van der Waals surface area (Å²) in [5.74, 6) is 0.729. The number of benzene rings is 1. The van der Waals surface area contributed by atoms with Crippen LogP contribution in [0.1, 0.15) is 33.6 Å². The number of nitrogens with one attached hydrogen (secondary N) is 1. The minimum Gasteiger partial charge on any atom is -0.366 e. The smallest absolute Gasteiger partial charge is 0.0412 e. The van der Waals surface area contributed by atoms with E-state index < -0.39 is 0 Å². The Bertz CT molecular complexity index is 407. The minimum absolute atomic E-state index is 0.604. The summed E-state index contributed by atoms with van der Waals surface area (Å²) in [6.07, 6.45) is 2.42. The molecule has 0 amide bonds. The quantitative estimate of drug-likeness (QED) is 0.898. The number of halogens is 1. The molecular formula is C16H25BrN2. The van der Waals surface area contributed by atoms with Gasteiger partial charge in [0.2, 0.25) is 0 Å². The Hall–Kier alpha value is -0.540. The average molecular weight is 325 g/mol. The molecule has 1 aliphatic heterocycles. The van der Waals surface area contributed by atoms with Gasteiger partial charge in [-0.15, -0.1) is 0 Å². The monoisotopic (exact) mass is 324 g/mol. The lowest BCUT2D eigenvalue weighted by Gasteiger charge is -2.43. The lowest BCUT2D eigenvalue weighted by molar-refractivity contribution is 0.306. The molecule has 1 N–H and O–H groups in total. The van der Waals surface area contributed by atoms with Gasteiger partial charge in [0.05, 0.1) is 0 Å². The van der Waals surface area contributed by atoms with E-state index in [0.29, 0.717) is 12.1 Å². The van der Waals surface area contributed by atoms with Gasteiger partial charge < -0.3 is 10.2 Å². The van der Waals surface area contributed by atoms with E-state index >= 15 is 0 Å². The van der Waals surface area contributed by atoms with Crippen LogP contribution in [-0.4, -0.2) is 25.2 Å². The number of anilines is 1. The van der Waals surface area contributed by atoms with E-state index in [1.807, 2.05) is 0 Å². The summed E-state index contributed by atoms with van der Waals surface area (Å²) in [5.41, 5.74) is 1.34. The predicted molar refractivity (Wildman–Crippen MR) is 86.8 cm³/mol. The lowest BCUT2D eigenvalue weighted by atomic mass is 9.94. The fraction of sp³-hybridized carbons (Fsp3) is 0.625. The van der Waals surface area contributed by atoms with E-state index in [1.165, 1.54) is 23.0 Å². The van der Waals surface area contributed by atoms with Gasteiger partial charge in [-0.25, -0.2) is 0 Å². The van der Waals surface area contributed by atoms with Crippen molar-refractivity contribution in [2.24, 2.45) is 5.92 Å². The highest BCUT2D eigenvalue weighted by molar-refractivity contribution is 9.10. The van der Waals surface area contributed by atoms with E-state index in [2.05, 4.69) is 71.2 Å². The van der Waals surface area contributed by atoms with E-state index in [1.54, 1.807) is 0 Å². The molecule has 0 radical (unpaired) electrons. The molecule has 1 aromatic rings. The molecule has 0 spiro atoms. The summed E-state index contributed by atoms with van der Waals surface area (Å²) in [6, 6.07) is 9.90. The Labute approximate surface area is 125 Å². The molecule has 0 saturated carbocycles. The molecular weight excluding hydrogens is 300 g/mol. The second kappa shape index (κ2) is 6.76. The molecule has 1 aromatic carbocycles. The fourth-order valence-electron chi connectivity index (χ4n) is 2.82. The van der Waals surface area contributed by atoms with Crippen LogP contribution in [0.3, 0.4) is 0 Å². The van der Waals surface area contributed by atoms with Gasteiger partial charge in [-0.05, 0) is 30.5 Å². The average Bonchev–Trinajstić information content (AvgIpc) is 2.45. The van der Waals surface area contributed by atoms with Gasteiger partial charge in [0.1, 0.15) is 0 Å². The molecule has 1 heterocycles. The maximum absolute atomic E-state index is 3.73. The summed E-state index contributed by atoms with van der Waals surface area (Å²) in [4.78, 5) is 2.58. The largest absolute Gasteiger partial charge is 0.366 e. The van der Waals surface area contributed by atoms with Crippen LogP contribution in [-0.2, 0) is 0 Å². The standard InChI is InChI=1S/C16H25BrN2/c1-4-12(3)16-11-19(14(5-2)10-18-16)15-8-6-7-13(17)9-15/h6-9,12,14,16,18H,4-5,10-11H2,1-3H3. The molecule has 1 aliphatic rings. The van der Waals surface area contributed by atoms with Crippen LogP contribution in [0.25, 0.3) is 0 Å². The van der Waals surface area contributed by atoms with Crippen molar-refractivity contribution < 1.29 is 0 Å². The van der Waals surface area contributed by atoms with Crippen LogP contribution >= 0.6 is 15.9 Å². The first-order valence-electron chi connectivity index (χ1n) is 7.41. The fourth-order valence-corrected chi connectivity index (χ4v) is 3.21. The van der Waals surface area contributed by atoms with Crippen molar-refractivity contribution in [3.63, 3.8) is 0 Å². The van der Waals surface area contributed by atoms with Crippen LogP contribution < -0.4 is 10.2 Å². The second-order valence-corrected chi connectivity index (χ2v) is 6.51. The van der Waals surface area contributed by atoms with Crippen LogP contribution in [0.15, 0.2) is 28.7 Å². The molecule has 3 unspecified atom stereocenters. The van der Waals surface area contributed by atoms with Gasteiger partial charge in [0, 0.05) is 35.3 Å². The summed E-state index contributed by atoms with van der Waals surface area (Å²) in [5, 5.41) is 3.73. The van der Waals surface area contributed by atoms with Gasteiger partial charge in [0.25, 0.3) is 0 Å². The SMILES string of the molecule is CCC(C)C1CN(c2cccc(Br)c2)C(CC)CN1. The maximum atomic E-state index is 3.73. The van der Waals surface area contributed by atoms with Crippen molar-refractivity contribution >= 4 is 21.6 Å². The van der Waals surface area contributed by atoms with Crippen LogP contribution in [0.2, 0.25) is 0 Å². The predicted octanol–water partition coefficient (Wildman–Crippen LogP) is 4.05. The van der Waals surface area contributed by atoms with Gasteiger partial charge in [-0.2, -0.15) is 0 Å². The van der Waals surface area contributed by atoms with Crippen molar-refractivity contribution in [3.8, 4) is 0 Å². The van der Waals surface area contributed by atoms with Crippen molar-refractivity contribution in [1.29, 1.82) is 0 Å². The molecule has 106 valence electrons. The van der Waals surface area contributed by atoms with Crippen LogP contribution in [0.4, 0.5) is 5.69 Å². The molecule has 2 nitrogen and oxygen atoms in total. The third-order valence-electron chi connectivity index (χ3n) is 4.39. The first-order chi connectivity index (χ1) is 9.15. The number of hydrogen-bond acceptors (Lipinski definition) is 2. The Morgan fingerprint density at radius 2 is 2.21 bits per heavy atom. The van der Waals surface area contributed by atoms with Crippen molar-refractivity contribution in [3.05, 3.63) is 28.7 Å². The highest BCUT2D eigenvalue weighted by atomic mass is 79.9. The third kappa shape index (κ3) is 3.51. The Morgan fingerprint density at radius 1 is 1.42 bits per heavy atom.